The predicted molar refractivity (Wildman–Crippen MR) is 78.3 cm³/mol. The quantitative estimate of drug-likeness (QED) is 0.760. The Kier molecular flexibility index (Phi) is 3.12. The summed E-state index contributed by atoms with van der Waals surface area (Å²) in [6, 6.07) is 7.68. The molecule has 0 fully saturated rings. The van der Waals surface area contributed by atoms with Crippen molar-refractivity contribution in [2.24, 2.45) is 0 Å². The minimum Gasteiger partial charge on any atom is -0.492 e. The molecule has 3 aromatic rings. The molecule has 3 rings (SSSR count). The molecular weight excluding hydrogens is 254 g/mol. The molecule has 0 saturated heterocycles. The molecule has 0 aliphatic rings. The molecule has 0 radical (unpaired) electrons. The van der Waals surface area contributed by atoms with Crippen molar-refractivity contribution in [1.29, 1.82) is 0 Å². The van der Waals surface area contributed by atoms with E-state index in [2.05, 4.69) is 15.3 Å². The maximum atomic E-state index is 5.80. The number of nitrogens with zero attached hydrogens (tertiary/aromatic N) is 3. The highest BCUT2D eigenvalue weighted by Gasteiger charge is 2.09. The highest BCUT2D eigenvalue weighted by Crippen LogP contribution is 2.28. The molecule has 0 spiro atoms. The second-order valence-electron chi connectivity index (χ2n) is 4.23. The lowest BCUT2D eigenvalue weighted by Gasteiger charge is -2.12. The zero-order chi connectivity index (χ0) is 13.9. The van der Waals surface area contributed by atoms with E-state index in [0.29, 0.717) is 23.9 Å². The highest BCUT2D eigenvalue weighted by molar-refractivity contribution is 5.74. The minimum atomic E-state index is 0.423. The Labute approximate surface area is 116 Å². The molecule has 6 heteroatoms. The van der Waals surface area contributed by atoms with Gasteiger partial charge in [0.25, 0.3) is 0 Å². The fourth-order valence-corrected chi connectivity index (χ4v) is 2.01. The van der Waals surface area contributed by atoms with Gasteiger partial charge in [-0.3, -0.25) is 0 Å². The van der Waals surface area contributed by atoms with Gasteiger partial charge in [0.1, 0.15) is 11.6 Å². The number of aromatic nitrogens is 3. The third kappa shape index (κ3) is 2.23. The van der Waals surface area contributed by atoms with Crippen molar-refractivity contribution in [2.75, 3.05) is 17.7 Å². The van der Waals surface area contributed by atoms with Crippen LogP contribution in [-0.2, 0) is 0 Å². The lowest BCUT2D eigenvalue weighted by atomic mass is 10.3. The van der Waals surface area contributed by atoms with E-state index in [1.807, 2.05) is 41.8 Å². The first-order chi connectivity index (χ1) is 9.78. The van der Waals surface area contributed by atoms with Crippen molar-refractivity contribution >= 4 is 23.0 Å². The van der Waals surface area contributed by atoms with Crippen LogP contribution in [0.1, 0.15) is 6.92 Å². The number of nitrogens with two attached hydrogens (primary N) is 1. The molecule has 1 aromatic carbocycles. The van der Waals surface area contributed by atoms with E-state index in [1.165, 1.54) is 0 Å². The number of para-hydroxylation sites is 2. The van der Waals surface area contributed by atoms with E-state index in [4.69, 9.17) is 10.5 Å². The molecule has 2 heterocycles. The van der Waals surface area contributed by atoms with Crippen molar-refractivity contribution in [3.05, 3.63) is 42.9 Å². The number of benzene rings is 1. The number of anilines is 3. The second-order valence-corrected chi connectivity index (χ2v) is 4.23. The average Bonchev–Trinajstić information content (AvgIpc) is 2.89. The smallest absolute Gasteiger partial charge is 0.180 e. The summed E-state index contributed by atoms with van der Waals surface area (Å²) in [5.74, 6) is 1.79. The van der Waals surface area contributed by atoms with E-state index < -0.39 is 0 Å². The predicted octanol–water partition coefficient (Wildman–Crippen LogP) is 2.45. The van der Waals surface area contributed by atoms with Crippen LogP contribution in [0.2, 0.25) is 0 Å². The van der Waals surface area contributed by atoms with Crippen molar-refractivity contribution < 1.29 is 4.74 Å². The number of imidazole rings is 1. The largest absolute Gasteiger partial charge is 0.492 e. The van der Waals surface area contributed by atoms with Gasteiger partial charge in [0, 0.05) is 12.4 Å². The van der Waals surface area contributed by atoms with Crippen LogP contribution < -0.4 is 15.8 Å². The zero-order valence-electron chi connectivity index (χ0n) is 11.1. The van der Waals surface area contributed by atoms with Crippen LogP contribution in [-0.4, -0.2) is 21.0 Å². The summed E-state index contributed by atoms with van der Waals surface area (Å²) in [6.45, 7) is 2.55. The Hall–Kier alpha value is -2.76. The summed E-state index contributed by atoms with van der Waals surface area (Å²) >= 11 is 0. The number of nitrogen functional groups attached to an aromatic ring is 1. The fraction of sp³-hybridized carbons (Fsp3) is 0.143. The summed E-state index contributed by atoms with van der Waals surface area (Å²) in [6.07, 6.45) is 5.26. The number of rotatable bonds is 4. The average molecular weight is 269 g/mol. The zero-order valence-corrected chi connectivity index (χ0v) is 11.1. The topological polar surface area (TPSA) is 77.5 Å². The molecule has 3 N–H and O–H groups in total. The van der Waals surface area contributed by atoms with Crippen LogP contribution in [0.25, 0.3) is 5.65 Å². The molecule has 0 atom stereocenters. The number of hydrogen-bond donors (Lipinski definition) is 2. The Balaban J connectivity index is 2.03. The first-order valence-corrected chi connectivity index (χ1v) is 6.36. The molecule has 0 amide bonds. The van der Waals surface area contributed by atoms with Crippen LogP contribution in [0.4, 0.5) is 17.3 Å². The number of nitrogens with one attached hydrogen (secondary N) is 1. The van der Waals surface area contributed by atoms with E-state index in [-0.39, 0.29) is 0 Å². The highest BCUT2D eigenvalue weighted by atomic mass is 16.5. The monoisotopic (exact) mass is 269 g/mol. The minimum absolute atomic E-state index is 0.423. The Morgan fingerprint density at radius 2 is 2.20 bits per heavy atom. The Morgan fingerprint density at radius 3 is 3.05 bits per heavy atom. The standard InChI is InChI=1S/C14H15N5O/c1-2-20-11-6-4-3-5-10(11)17-13-14-16-7-8-19(14)9-12(15)18-13/h3-9H,2,15H2,1H3,(H,17,18). The molecule has 20 heavy (non-hydrogen) atoms. The third-order valence-corrected chi connectivity index (χ3v) is 2.83. The van der Waals surface area contributed by atoms with Crippen molar-refractivity contribution in [1.82, 2.24) is 14.4 Å². The van der Waals surface area contributed by atoms with Crippen LogP contribution in [0.5, 0.6) is 5.75 Å². The van der Waals surface area contributed by atoms with E-state index in [0.717, 1.165) is 11.4 Å². The lowest BCUT2D eigenvalue weighted by molar-refractivity contribution is 0.342. The van der Waals surface area contributed by atoms with Crippen LogP contribution in [0, 0.1) is 0 Å². The van der Waals surface area contributed by atoms with Gasteiger partial charge in [-0.25, -0.2) is 9.97 Å². The van der Waals surface area contributed by atoms with E-state index in [9.17, 15) is 0 Å². The molecule has 0 unspecified atom stereocenters. The molecule has 102 valence electrons. The first kappa shape index (κ1) is 12.3. The van der Waals surface area contributed by atoms with Crippen LogP contribution >= 0.6 is 0 Å². The molecule has 0 aliphatic heterocycles. The van der Waals surface area contributed by atoms with Crippen molar-refractivity contribution in [3.8, 4) is 5.75 Å². The van der Waals surface area contributed by atoms with Gasteiger partial charge in [0.05, 0.1) is 18.5 Å². The molecular formula is C14H15N5O. The molecule has 0 saturated carbocycles. The van der Waals surface area contributed by atoms with E-state index in [1.54, 1.807) is 12.4 Å². The summed E-state index contributed by atoms with van der Waals surface area (Å²) in [4.78, 5) is 8.57. The normalized spacial score (nSPS) is 10.7. The number of hydrogen-bond acceptors (Lipinski definition) is 5. The Morgan fingerprint density at radius 1 is 1.35 bits per heavy atom. The maximum absolute atomic E-state index is 5.80. The summed E-state index contributed by atoms with van der Waals surface area (Å²) < 4.78 is 7.41. The molecule has 0 aliphatic carbocycles. The molecule has 6 nitrogen and oxygen atoms in total. The third-order valence-electron chi connectivity index (χ3n) is 2.83. The molecule has 0 bridgehead atoms. The fourth-order valence-electron chi connectivity index (χ4n) is 2.01. The Bertz CT molecular complexity index is 737. The van der Waals surface area contributed by atoms with Gasteiger partial charge in [-0.05, 0) is 19.1 Å². The molecule has 2 aromatic heterocycles. The van der Waals surface area contributed by atoms with Gasteiger partial charge < -0.3 is 20.2 Å². The van der Waals surface area contributed by atoms with Gasteiger partial charge in [0.2, 0.25) is 0 Å². The SMILES string of the molecule is CCOc1ccccc1Nc1nc(N)cn2ccnc12. The van der Waals surface area contributed by atoms with Gasteiger partial charge >= 0.3 is 0 Å². The van der Waals surface area contributed by atoms with Gasteiger partial charge in [-0.2, -0.15) is 0 Å². The lowest BCUT2D eigenvalue weighted by Crippen LogP contribution is -2.03. The van der Waals surface area contributed by atoms with Gasteiger partial charge in [0.15, 0.2) is 11.5 Å². The van der Waals surface area contributed by atoms with Gasteiger partial charge in [-0.15, -0.1) is 0 Å². The first-order valence-electron chi connectivity index (χ1n) is 6.36. The maximum Gasteiger partial charge on any atom is 0.180 e. The van der Waals surface area contributed by atoms with Gasteiger partial charge in [-0.1, -0.05) is 12.1 Å². The number of ether oxygens (including phenoxy) is 1. The van der Waals surface area contributed by atoms with Crippen molar-refractivity contribution in [2.45, 2.75) is 6.92 Å². The van der Waals surface area contributed by atoms with Crippen molar-refractivity contribution in [3.63, 3.8) is 0 Å². The second kappa shape index (κ2) is 5.08. The summed E-state index contributed by atoms with van der Waals surface area (Å²) in [7, 11) is 0. The van der Waals surface area contributed by atoms with Crippen LogP contribution in [0.15, 0.2) is 42.9 Å². The van der Waals surface area contributed by atoms with E-state index >= 15 is 0 Å². The summed E-state index contributed by atoms with van der Waals surface area (Å²) in [5, 5.41) is 3.23. The number of fused-ring (bicyclic) bond motifs is 1. The van der Waals surface area contributed by atoms with Crippen LogP contribution in [0.3, 0.4) is 0 Å². The summed E-state index contributed by atoms with van der Waals surface area (Å²) in [5.41, 5.74) is 7.35.